The number of anilines is 1. The van der Waals surface area contributed by atoms with Crippen molar-refractivity contribution in [1.82, 2.24) is 4.72 Å². The summed E-state index contributed by atoms with van der Waals surface area (Å²) in [6.07, 6.45) is 1.44. The highest BCUT2D eigenvalue weighted by Gasteiger charge is 2.20. The highest BCUT2D eigenvalue weighted by molar-refractivity contribution is 7.89. The van der Waals surface area contributed by atoms with Crippen molar-refractivity contribution >= 4 is 21.7 Å². The first-order chi connectivity index (χ1) is 13.4. The Balaban J connectivity index is 1.83. The van der Waals surface area contributed by atoms with Gasteiger partial charge >= 0.3 is 5.97 Å². The number of rotatable bonds is 8. The predicted octanol–water partition coefficient (Wildman–Crippen LogP) is 3.63. The van der Waals surface area contributed by atoms with E-state index in [1.54, 1.807) is 12.1 Å². The lowest BCUT2D eigenvalue weighted by atomic mass is 10.1. The fraction of sp³-hybridized carbons (Fsp3) is 0.150. The van der Waals surface area contributed by atoms with E-state index in [1.807, 2.05) is 37.3 Å². The third-order valence-corrected chi connectivity index (χ3v) is 5.62. The van der Waals surface area contributed by atoms with Crippen LogP contribution in [0.15, 0.2) is 76.2 Å². The van der Waals surface area contributed by atoms with Crippen LogP contribution in [-0.4, -0.2) is 19.5 Å². The number of aromatic carboxylic acids is 1. The number of carbonyl (C=O) groups is 1. The molecule has 3 aromatic rings. The largest absolute Gasteiger partial charge is 0.478 e. The maximum atomic E-state index is 12.5. The zero-order valence-corrected chi connectivity index (χ0v) is 15.9. The fourth-order valence-electron chi connectivity index (χ4n) is 2.71. The van der Waals surface area contributed by atoms with Gasteiger partial charge in [-0.2, -0.15) is 0 Å². The molecule has 1 aromatic heterocycles. The van der Waals surface area contributed by atoms with Gasteiger partial charge in [0.1, 0.15) is 5.76 Å². The molecule has 0 aliphatic heterocycles. The summed E-state index contributed by atoms with van der Waals surface area (Å²) >= 11 is 0. The molecule has 0 amide bonds. The summed E-state index contributed by atoms with van der Waals surface area (Å²) in [5.41, 5.74) is 1.20. The number of nitrogens with one attached hydrogen (secondary N) is 2. The van der Waals surface area contributed by atoms with Gasteiger partial charge in [0.25, 0.3) is 0 Å². The van der Waals surface area contributed by atoms with Crippen molar-refractivity contribution in [2.45, 2.75) is 24.4 Å². The topological polar surface area (TPSA) is 109 Å². The van der Waals surface area contributed by atoms with Crippen LogP contribution >= 0.6 is 0 Å². The second-order valence-corrected chi connectivity index (χ2v) is 7.96. The smallest absolute Gasteiger partial charge is 0.337 e. The van der Waals surface area contributed by atoms with Crippen molar-refractivity contribution in [1.29, 1.82) is 0 Å². The molecule has 0 unspecified atom stereocenters. The van der Waals surface area contributed by atoms with Crippen LogP contribution in [0.2, 0.25) is 0 Å². The molecule has 146 valence electrons. The molecule has 0 spiro atoms. The van der Waals surface area contributed by atoms with Crippen molar-refractivity contribution in [2.75, 3.05) is 5.32 Å². The highest BCUT2D eigenvalue weighted by atomic mass is 32.2. The molecule has 1 atom stereocenters. The van der Waals surface area contributed by atoms with Gasteiger partial charge in [0.05, 0.1) is 23.3 Å². The molecule has 3 N–H and O–H groups in total. The minimum Gasteiger partial charge on any atom is -0.478 e. The first-order valence-electron chi connectivity index (χ1n) is 8.58. The number of hydrogen-bond acceptors (Lipinski definition) is 5. The van der Waals surface area contributed by atoms with Crippen LogP contribution < -0.4 is 10.0 Å². The SMILES string of the molecule is C[C@H](Nc1ccc(S(=O)(=O)NCc2ccco2)cc1C(=O)O)c1ccccc1. The Morgan fingerprint density at radius 2 is 1.86 bits per heavy atom. The van der Waals surface area contributed by atoms with Gasteiger partial charge in [-0.15, -0.1) is 0 Å². The summed E-state index contributed by atoms with van der Waals surface area (Å²) in [5, 5.41) is 12.7. The van der Waals surface area contributed by atoms with Gasteiger partial charge in [-0.1, -0.05) is 30.3 Å². The Hall–Kier alpha value is -3.10. The Bertz CT molecular complexity index is 1050. The average Bonchev–Trinajstić information content (AvgIpc) is 3.21. The van der Waals surface area contributed by atoms with Crippen molar-refractivity contribution in [3.8, 4) is 0 Å². The van der Waals surface area contributed by atoms with Gasteiger partial charge in [0.15, 0.2) is 0 Å². The zero-order chi connectivity index (χ0) is 20.1. The lowest BCUT2D eigenvalue weighted by Gasteiger charge is -2.18. The van der Waals surface area contributed by atoms with E-state index in [2.05, 4.69) is 10.0 Å². The molecule has 28 heavy (non-hydrogen) atoms. The molecular formula is C20H20N2O5S. The molecule has 0 saturated heterocycles. The molecule has 7 nitrogen and oxygen atoms in total. The third-order valence-electron chi connectivity index (χ3n) is 4.22. The summed E-state index contributed by atoms with van der Waals surface area (Å²) in [6, 6.07) is 16.7. The molecular weight excluding hydrogens is 380 g/mol. The zero-order valence-electron chi connectivity index (χ0n) is 15.1. The molecule has 0 saturated carbocycles. The Morgan fingerprint density at radius 3 is 2.50 bits per heavy atom. The Labute approximate surface area is 163 Å². The normalized spacial score (nSPS) is 12.5. The van der Waals surface area contributed by atoms with Gasteiger partial charge in [-0.3, -0.25) is 0 Å². The minimum absolute atomic E-state index is 0.0250. The summed E-state index contributed by atoms with van der Waals surface area (Å²) in [4.78, 5) is 11.6. The molecule has 0 aliphatic carbocycles. The van der Waals surface area contributed by atoms with Crippen LogP contribution in [0.1, 0.15) is 34.6 Å². The molecule has 2 aromatic carbocycles. The van der Waals surface area contributed by atoms with E-state index < -0.39 is 16.0 Å². The number of sulfonamides is 1. The van der Waals surface area contributed by atoms with Gasteiger partial charge in [-0.05, 0) is 42.8 Å². The molecule has 0 radical (unpaired) electrons. The molecule has 8 heteroatoms. The monoisotopic (exact) mass is 400 g/mol. The van der Waals surface area contributed by atoms with E-state index in [0.29, 0.717) is 11.4 Å². The van der Waals surface area contributed by atoms with Crippen LogP contribution in [0.25, 0.3) is 0 Å². The number of carboxylic acid groups (broad SMARTS) is 1. The number of hydrogen-bond donors (Lipinski definition) is 3. The van der Waals surface area contributed by atoms with E-state index in [1.165, 1.54) is 18.4 Å². The Morgan fingerprint density at radius 1 is 1.11 bits per heavy atom. The number of carboxylic acids is 1. The van der Waals surface area contributed by atoms with Gasteiger partial charge in [0.2, 0.25) is 10.0 Å². The predicted molar refractivity (Wildman–Crippen MR) is 105 cm³/mol. The lowest BCUT2D eigenvalue weighted by Crippen LogP contribution is -2.23. The lowest BCUT2D eigenvalue weighted by molar-refractivity contribution is 0.0697. The van der Waals surface area contributed by atoms with E-state index in [-0.39, 0.29) is 23.0 Å². The standard InChI is InChI=1S/C20H20N2O5S/c1-14(15-6-3-2-4-7-15)22-19-10-9-17(12-18(19)20(23)24)28(25,26)21-13-16-8-5-11-27-16/h2-12,14,21-22H,13H2,1H3,(H,23,24)/t14-/m0/s1. The highest BCUT2D eigenvalue weighted by Crippen LogP contribution is 2.25. The maximum absolute atomic E-state index is 12.5. The Kier molecular flexibility index (Phi) is 5.81. The molecule has 1 heterocycles. The van der Waals surface area contributed by atoms with Crippen molar-refractivity contribution in [2.24, 2.45) is 0 Å². The number of benzene rings is 2. The van der Waals surface area contributed by atoms with Crippen LogP contribution in [-0.2, 0) is 16.6 Å². The quantitative estimate of drug-likeness (QED) is 0.533. The van der Waals surface area contributed by atoms with Crippen molar-refractivity contribution in [3.05, 3.63) is 83.8 Å². The van der Waals surface area contributed by atoms with Gasteiger partial charge in [-0.25, -0.2) is 17.9 Å². The van der Waals surface area contributed by atoms with Crippen LogP contribution in [0.4, 0.5) is 5.69 Å². The average molecular weight is 400 g/mol. The third kappa shape index (κ3) is 4.59. The molecule has 0 fully saturated rings. The van der Waals surface area contributed by atoms with E-state index in [9.17, 15) is 18.3 Å². The fourth-order valence-corrected chi connectivity index (χ4v) is 3.73. The molecule has 0 aliphatic rings. The number of furan rings is 1. The van der Waals surface area contributed by atoms with Crippen LogP contribution in [0.5, 0.6) is 0 Å². The molecule has 0 bridgehead atoms. The summed E-state index contributed by atoms with van der Waals surface area (Å²) < 4.78 is 32.5. The second-order valence-electron chi connectivity index (χ2n) is 6.19. The summed E-state index contributed by atoms with van der Waals surface area (Å²) in [7, 11) is -3.89. The van der Waals surface area contributed by atoms with E-state index in [0.717, 1.165) is 11.6 Å². The summed E-state index contributed by atoms with van der Waals surface area (Å²) in [5.74, 6) is -0.761. The van der Waals surface area contributed by atoms with E-state index >= 15 is 0 Å². The van der Waals surface area contributed by atoms with Gasteiger partial charge < -0.3 is 14.8 Å². The minimum atomic E-state index is -3.89. The first-order valence-corrected chi connectivity index (χ1v) is 10.1. The molecule has 3 rings (SSSR count). The van der Waals surface area contributed by atoms with E-state index in [4.69, 9.17) is 4.42 Å². The first kappa shape index (κ1) is 19.7. The van der Waals surface area contributed by atoms with Crippen LogP contribution in [0.3, 0.4) is 0 Å². The van der Waals surface area contributed by atoms with Crippen molar-refractivity contribution < 1.29 is 22.7 Å². The van der Waals surface area contributed by atoms with Gasteiger partial charge in [0, 0.05) is 11.7 Å². The second kappa shape index (κ2) is 8.28. The van der Waals surface area contributed by atoms with Crippen molar-refractivity contribution in [3.63, 3.8) is 0 Å². The van der Waals surface area contributed by atoms with Crippen LogP contribution in [0, 0.1) is 0 Å². The summed E-state index contributed by atoms with van der Waals surface area (Å²) in [6.45, 7) is 1.87. The maximum Gasteiger partial charge on any atom is 0.337 e.